The van der Waals surface area contributed by atoms with Gasteiger partial charge in [-0.15, -0.1) is 0 Å². The van der Waals surface area contributed by atoms with E-state index in [4.69, 9.17) is 9.47 Å². The Bertz CT molecular complexity index is 427. The second-order valence-electron chi connectivity index (χ2n) is 5.83. The van der Waals surface area contributed by atoms with Crippen LogP contribution in [0.3, 0.4) is 0 Å². The van der Waals surface area contributed by atoms with Crippen molar-refractivity contribution in [3.05, 3.63) is 30.3 Å². The van der Waals surface area contributed by atoms with Gasteiger partial charge >= 0.3 is 5.97 Å². The highest BCUT2D eigenvalue weighted by Gasteiger charge is 2.22. The first-order valence-electron chi connectivity index (χ1n) is 8.36. The molecule has 1 N–H and O–H groups in total. The Morgan fingerprint density at radius 2 is 1.91 bits per heavy atom. The van der Waals surface area contributed by atoms with Crippen LogP contribution in [0.25, 0.3) is 0 Å². The summed E-state index contributed by atoms with van der Waals surface area (Å²) in [5, 5.41) is 3.37. The fraction of sp³-hybridized carbons (Fsp3) is 0.611. The maximum absolute atomic E-state index is 11.2. The normalized spacial score (nSPS) is 21.3. The first-order valence-corrected chi connectivity index (χ1v) is 8.36. The van der Waals surface area contributed by atoms with E-state index in [1.807, 2.05) is 37.3 Å². The Balaban J connectivity index is 1.56. The van der Waals surface area contributed by atoms with Gasteiger partial charge < -0.3 is 14.8 Å². The molecule has 0 aromatic heterocycles. The molecule has 1 fully saturated rings. The molecule has 0 aliphatic heterocycles. The van der Waals surface area contributed by atoms with E-state index in [9.17, 15) is 4.79 Å². The maximum atomic E-state index is 11.2. The van der Waals surface area contributed by atoms with E-state index in [0.717, 1.165) is 25.1 Å². The first kappa shape index (κ1) is 16.8. The predicted molar refractivity (Wildman–Crippen MR) is 86.9 cm³/mol. The van der Waals surface area contributed by atoms with Crippen molar-refractivity contribution in [1.82, 2.24) is 5.32 Å². The molecule has 0 heterocycles. The van der Waals surface area contributed by atoms with Crippen molar-refractivity contribution in [2.75, 3.05) is 19.7 Å². The van der Waals surface area contributed by atoms with E-state index in [1.54, 1.807) is 0 Å². The van der Waals surface area contributed by atoms with E-state index in [2.05, 4.69) is 5.32 Å². The summed E-state index contributed by atoms with van der Waals surface area (Å²) >= 11 is 0. The zero-order valence-corrected chi connectivity index (χ0v) is 13.4. The van der Waals surface area contributed by atoms with Gasteiger partial charge in [-0.1, -0.05) is 18.2 Å². The highest BCUT2D eigenvalue weighted by molar-refractivity contribution is 5.69. The van der Waals surface area contributed by atoms with Gasteiger partial charge in [-0.2, -0.15) is 0 Å². The number of ether oxygens (including phenoxy) is 2. The molecule has 4 nitrogen and oxygen atoms in total. The van der Waals surface area contributed by atoms with Crippen molar-refractivity contribution < 1.29 is 14.3 Å². The molecule has 1 aromatic rings. The SMILES string of the molecule is CCOC(=O)CCNC[C@H]1CC[C@@H](Oc2ccccc2)CC1. The number of benzene rings is 1. The van der Waals surface area contributed by atoms with Crippen LogP contribution in [0, 0.1) is 5.92 Å². The van der Waals surface area contributed by atoms with Gasteiger partial charge in [-0.3, -0.25) is 4.79 Å². The molecule has 0 radical (unpaired) electrons. The summed E-state index contributed by atoms with van der Waals surface area (Å²) in [5.41, 5.74) is 0. The molecule has 122 valence electrons. The molecule has 2 rings (SSSR count). The monoisotopic (exact) mass is 305 g/mol. The zero-order valence-electron chi connectivity index (χ0n) is 13.4. The molecule has 1 saturated carbocycles. The Hall–Kier alpha value is -1.55. The lowest BCUT2D eigenvalue weighted by atomic mass is 9.87. The van der Waals surface area contributed by atoms with Gasteiger partial charge in [0.1, 0.15) is 5.75 Å². The summed E-state index contributed by atoms with van der Waals surface area (Å²) in [6.45, 7) is 3.99. The minimum atomic E-state index is -0.116. The van der Waals surface area contributed by atoms with Crippen molar-refractivity contribution in [1.29, 1.82) is 0 Å². The first-order chi connectivity index (χ1) is 10.8. The predicted octanol–water partition coefficient (Wildman–Crippen LogP) is 3.17. The van der Waals surface area contributed by atoms with Gasteiger partial charge in [0.05, 0.1) is 19.1 Å². The summed E-state index contributed by atoms with van der Waals surface area (Å²) < 4.78 is 10.9. The third-order valence-electron chi connectivity index (χ3n) is 4.08. The minimum Gasteiger partial charge on any atom is -0.490 e. The van der Waals surface area contributed by atoms with Crippen LogP contribution in [0.1, 0.15) is 39.0 Å². The molecule has 1 aromatic carbocycles. The fourth-order valence-corrected chi connectivity index (χ4v) is 2.88. The van der Waals surface area contributed by atoms with Crippen molar-refractivity contribution in [3.63, 3.8) is 0 Å². The van der Waals surface area contributed by atoms with Gasteiger partial charge in [-0.05, 0) is 57.2 Å². The Morgan fingerprint density at radius 1 is 1.18 bits per heavy atom. The van der Waals surface area contributed by atoms with Crippen LogP contribution in [-0.2, 0) is 9.53 Å². The summed E-state index contributed by atoms with van der Waals surface area (Å²) in [7, 11) is 0. The fourth-order valence-electron chi connectivity index (χ4n) is 2.88. The lowest BCUT2D eigenvalue weighted by Gasteiger charge is -2.29. The molecule has 0 spiro atoms. The quantitative estimate of drug-likeness (QED) is 0.592. The standard InChI is InChI=1S/C18H27NO3/c1-2-21-18(20)12-13-19-14-15-8-10-17(11-9-15)22-16-6-4-3-5-7-16/h3-7,15,17,19H,2,8-14H2,1H3/t15-,17+. The van der Waals surface area contributed by atoms with Crippen LogP contribution < -0.4 is 10.1 Å². The minimum absolute atomic E-state index is 0.116. The number of hydrogen-bond donors (Lipinski definition) is 1. The summed E-state index contributed by atoms with van der Waals surface area (Å²) in [6, 6.07) is 10.1. The van der Waals surface area contributed by atoms with Crippen molar-refractivity contribution in [2.24, 2.45) is 5.92 Å². The van der Waals surface area contributed by atoms with E-state index >= 15 is 0 Å². The van der Waals surface area contributed by atoms with E-state index in [1.165, 1.54) is 12.8 Å². The number of carbonyl (C=O) groups excluding carboxylic acids is 1. The summed E-state index contributed by atoms with van der Waals surface area (Å²) in [4.78, 5) is 11.2. The Morgan fingerprint density at radius 3 is 2.59 bits per heavy atom. The van der Waals surface area contributed by atoms with Gasteiger partial charge in [-0.25, -0.2) is 0 Å². The molecule has 0 atom stereocenters. The number of esters is 1. The molecular weight excluding hydrogens is 278 g/mol. The Kier molecular flexibility index (Phi) is 7.23. The number of nitrogens with one attached hydrogen (secondary N) is 1. The maximum Gasteiger partial charge on any atom is 0.307 e. The molecular formula is C18H27NO3. The second kappa shape index (κ2) is 9.46. The van der Waals surface area contributed by atoms with E-state index in [-0.39, 0.29) is 5.97 Å². The topological polar surface area (TPSA) is 47.6 Å². The smallest absolute Gasteiger partial charge is 0.307 e. The van der Waals surface area contributed by atoms with Gasteiger partial charge in [0, 0.05) is 6.54 Å². The third-order valence-corrected chi connectivity index (χ3v) is 4.08. The molecule has 0 saturated heterocycles. The molecule has 4 heteroatoms. The number of hydrogen-bond acceptors (Lipinski definition) is 4. The zero-order chi connectivity index (χ0) is 15.6. The van der Waals surface area contributed by atoms with Crippen molar-refractivity contribution >= 4 is 5.97 Å². The second-order valence-corrected chi connectivity index (χ2v) is 5.83. The van der Waals surface area contributed by atoms with Crippen LogP contribution in [0.4, 0.5) is 0 Å². The highest BCUT2D eigenvalue weighted by atomic mass is 16.5. The molecule has 22 heavy (non-hydrogen) atoms. The Labute approximate surface area is 133 Å². The van der Waals surface area contributed by atoms with Crippen LogP contribution in [-0.4, -0.2) is 31.8 Å². The van der Waals surface area contributed by atoms with Crippen LogP contribution >= 0.6 is 0 Å². The lowest BCUT2D eigenvalue weighted by molar-refractivity contribution is -0.142. The average molecular weight is 305 g/mol. The van der Waals surface area contributed by atoms with Crippen LogP contribution in [0.5, 0.6) is 5.75 Å². The molecule has 1 aliphatic rings. The van der Waals surface area contributed by atoms with E-state index in [0.29, 0.717) is 31.6 Å². The number of carbonyl (C=O) groups is 1. The largest absolute Gasteiger partial charge is 0.490 e. The molecule has 0 bridgehead atoms. The van der Waals surface area contributed by atoms with E-state index < -0.39 is 0 Å². The van der Waals surface area contributed by atoms with Crippen LogP contribution in [0.2, 0.25) is 0 Å². The molecule has 0 unspecified atom stereocenters. The third kappa shape index (κ3) is 6.06. The number of para-hydroxylation sites is 1. The average Bonchev–Trinajstić information content (AvgIpc) is 2.54. The molecule has 1 aliphatic carbocycles. The van der Waals surface area contributed by atoms with Gasteiger partial charge in [0.2, 0.25) is 0 Å². The van der Waals surface area contributed by atoms with Gasteiger partial charge in [0.15, 0.2) is 0 Å². The lowest BCUT2D eigenvalue weighted by Crippen LogP contribution is -2.31. The van der Waals surface area contributed by atoms with Crippen molar-refractivity contribution in [2.45, 2.75) is 45.1 Å². The number of rotatable bonds is 8. The summed E-state index contributed by atoms with van der Waals surface area (Å²) in [6.07, 6.45) is 5.39. The van der Waals surface area contributed by atoms with Gasteiger partial charge in [0.25, 0.3) is 0 Å². The highest BCUT2D eigenvalue weighted by Crippen LogP contribution is 2.27. The summed E-state index contributed by atoms with van der Waals surface area (Å²) in [5.74, 6) is 1.55. The molecule has 0 amide bonds. The van der Waals surface area contributed by atoms with Crippen LogP contribution in [0.15, 0.2) is 30.3 Å². The van der Waals surface area contributed by atoms with Crippen molar-refractivity contribution in [3.8, 4) is 5.75 Å².